The molecule has 166 valence electrons. The molecule has 0 spiro atoms. The summed E-state index contributed by atoms with van der Waals surface area (Å²) in [4.78, 5) is 60.4. The van der Waals surface area contributed by atoms with E-state index in [1.54, 1.807) is 13.0 Å². The summed E-state index contributed by atoms with van der Waals surface area (Å²) < 4.78 is 4.91. The molecule has 0 unspecified atom stereocenters. The van der Waals surface area contributed by atoms with Crippen molar-refractivity contribution in [2.75, 3.05) is 5.32 Å². The fraction of sp³-hybridized carbons (Fsp3) is 0.316. The molecule has 0 bridgehead atoms. The number of rotatable bonds is 5. The lowest BCUT2D eigenvalue weighted by molar-refractivity contribution is -0.116. The Hall–Kier alpha value is -4.29. The molecule has 0 aromatic carbocycles. The van der Waals surface area contributed by atoms with E-state index in [1.165, 1.54) is 40.3 Å². The molecule has 13 heteroatoms. The van der Waals surface area contributed by atoms with Crippen molar-refractivity contribution < 1.29 is 4.79 Å². The van der Waals surface area contributed by atoms with Crippen molar-refractivity contribution in [2.45, 2.75) is 26.8 Å². The third-order valence-electron chi connectivity index (χ3n) is 4.98. The average Bonchev–Trinajstić information content (AvgIpc) is 3.33. The lowest BCUT2D eigenvalue weighted by atomic mass is 10.3. The number of imidazole rings is 1. The van der Waals surface area contributed by atoms with Crippen LogP contribution in [-0.2, 0) is 31.9 Å². The van der Waals surface area contributed by atoms with Gasteiger partial charge in [-0.05, 0) is 13.3 Å². The van der Waals surface area contributed by atoms with Crippen LogP contribution in [0.25, 0.3) is 17.1 Å². The third-order valence-corrected chi connectivity index (χ3v) is 4.98. The lowest BCUT2D eigenvalue weighted by Gasteiger charge is -2.10. The zero-order valence-electron chi connectivity index (χ0n) is 17.9. The second-order valence-corrected chi connectivity index (χ2v) is 7.30. The molecular formula is C19H21N9O4. The molecule has 0 aliphatic carbocycles. The van der Waals surface area contributed by atoms with Crippen LogP contribution in [0, 0.1) is 6.92 Å². The van der Waals surface area contributed by atoms with E-state index >= 15 is 0 Å². The van der Waals surface area contributed by atoms with E-state index in [4.69, 9.17) is 0 Å². The van der Waals surface area contributed by atoms with Crippen LogP contribution >= 0.6 is 0 Å². The molecule has 1 amide bonds. The SMILES string of the molecule is CCc1cc(=O)[nH]c(-n2nc(C)cc2NC(=O)Cn2cnc3c2c(=O)n(C)c(=O)n3C)n1. The summed E-state index contributed by atoms with van der Waals surface area (Å²) in [5, 5.41) is 7.03. The van der Waals surface area contributed by atoms with Gasteiger partial charge in [-0.15, -0.1) is 0 Å². The Balaban J connectivity index is 1.67. The molecule has 13 nitrogen and oxygen atoms in total. The third kappa shape index (κ3) is 3.53. The number of amides is 1. The van der Waals surface area contributed by atoms with E-state index in [2.05, 4.69) is 25.4 Å². The Bertz CT molecular complexity index is 1530. The van der Waals surface area contributed by atoms with Crippen LogP contribution in [0.5, 0.6) is 0 Å². The van der Waals surface area contributed by atoms with Crippen molar-refractivity contribution in [1.29, 1.82) is 0 Å². The Morgan fingerprint density at radius 2 is 1.91 bits per heavy atom. The van der Waals surface area contributed by atoms with Gasteiger partial charge in [0.2, 0.25) is 11.9 Å². The molecule has 0 saturated heterocycles. The van der Waals surface area contributed by atoms with Gasteiger partial charge in [0.15, 0.2) is 11.2 Å². The molecule has 0 radical (unpaired) electrons. The van der Waals surface area contributed by atoms with Gasteiger partial charge in [0.05, 0.1) is 12.0 Å². The van der Waals surface area contributed by atoms with Crippen LogP contribution in [0.15, 0.2) is 32.8 Å². The van der Waals surface area contributed by atoms with Crippen molar-refractivity contribution in [3.8, 4) is 5.95 Å². The molecule has 4 rings (SSSR count). The second kappa shape index (κ2) is 7.76. The molecule has 0 atom stereocenters. The standard InChI is InChI=1S/C19H21N9O4/c1-5-11-7-13(29)23-18(21-11)28-12(6-10(2)24-28)22-14(30)8-27-9-20-16-15(27)17(31)26(4)19(32)25(16)3/h6-7,9H,5,8H2,1-4H3,(H,22,30)(H,21,23,29). The number of carbonyl (C=O) groups is 1. The lowest BCUT2D eigenvalue weighted by Crippen LogP contribution is -2.37. The number of H-pyrrole nitrogens is 1. The molecule has 4 heterocycles. The molecular weight excluding hydrogens is 418 g/mol. The van der Waals surface area contributed by atoms with Gasteiger partial charge in [-0.3, -0.25) is 28.5 Å². The van der Waals surface area contributed by atoms with Gasteiger partial charge >= 0.3 is 5.69 Å². The van der Waals surface area contributed by atoms with Gasteiger partial charge in [-0.1, -0.05) is 6.92 Å². The van der Waals surface area contributed by atoms with E-state index < -0.39 is 17.2 Å². The van der Waals surface area contributed by atoms with Crippen molar-refractivity contribution >= 4 is 22.9 Å². The number of nitrogens with one attached hydrogen (secondary N) is 2. The van der Waals surface area contributed by atoms with Crippen LogP contribution < -0.4 is 22.1 Å². The number of hydrogen-bond acceptors (Lipinski definition) is 7. The van der Waals surface area contributed by atoms with Crippen molar-refractivity contribution in [2.24, 2.45) is 14.1 Å². The summed E-state index contributed by atoms with van der Waals surface area (Å²) in [7, 11) is 2.86. The molecule has 0 aliphatic heterocycles. The maximum Gasteiger partial charge on any atom is 0.332 e. The highest BCUT2D eigenvalue weighted by Gasteiger charge is 2.18. The smallest absolute Gasteiger partial charge is 0.315 e. The van der Waals surface area contributed by atoms with Crippen molar-refractivity contribution in [3.05, 3.63) is 61.0 Å². The Morgan fingerprint density at radius 1 is 1.16 bits per heavy atom. The highest BCUT2D eigenvalue weighted by atomic mass is 16.2. The van der Waals surface area contributed by atoms with Crippen molar-refractivity contribution in [1.82, 2.24) is 38.4 Å². The predicted molar refractivity (Wildman–Crippen MR) is 115 cm³/mol. The minimum absolute atomic E-state index is 0.135. The van der Waals surface area contributed by atoms with E-state index in [0.29, 0.717) is 23.6 Å². The summed E-state index contributed by atoms with van der Waals surface area (Å²) in [5.74, 6) is 0.0127. The summed E-state index contributed by atoms with van der Waals surface area (Å²) in [6.07, 6.45) is 1.89. The number of carbonyl (C=O) groups excluding carboxylic acids is 1. The first-order valence-electron chi connectivity index (χ1n) is 9.77. The van der Waals surface area contributed by atoms with E-state index in [9.17, 15) is 19.2 Å². The number of aromatic nitrogens is 8. The highest BCUT2D eigenvalue weighted by molar-refractivity contribution is 5.90. The minimum atomic E-state index is -0.549. The summed E-state index contributed by atoms with van der Waals surface area (Å²) in [6, 6.07) is 3.03. The normalized spacial score (nSPS) is 11.2. The predicted octanol–water partition coefficient (Wildman–Crippen LogP) is -0.788. The quantitative estimate of drug-likeness (QED) is 0.413. The fourth-order valence-corrected chi connectivity index (χ4v) is 3.38. The second-order valence-electron chi connectivity index (χ2n) is 7.30. The van der Waals surface area contributed by atoms with Gasteiger partial charge in [0, 0.05) is 31.9 Å². The number of anilines is 1. The monoisotopic (exact) mass is 439 g/mol. The summed E-state index contributed by atoms with van der Waals surface area (Å²) >= 11 is 0. The first-order chi connectivity index (χ1) is 15.2. The number of aryl methyl sites for hydroxylation is 3. The van der Waals surface area contributed by atoms with Crippen molar-refractivity contribution in [3.63, 3.8) is 0 Å². The van der Waals surface area contributed by atoms with Gasteiger partial charge < -0.3 is 9.88 Å². The maximum absolute atomic E-state index is 12.8. The van der Waals surface area contributed by atoms with Gasteiger partial charge in [0.25, 0.3) is 11.1 Å². The van der Waals surface area contributed by atoms with Crippen LogP contribution in [0.4, 0.5) is 5.82 Å². The first-order valence-corrected chi connectivity index (χ1v) is 9.77. The van der Waals surface area contributed by atoms with Gasteiger partial charge in [-0.25, -0.2) is 14.8 Å². The maximum atomic E-state index is 12.8. The number of aromatic amines is 1. The largest absolute Gasteiger partial charge is 0.332 e. The van der Waals surface area contributed by atoms with Crippen LogP contribution in [0.1, 0.15) is 18.3 Å². The average molecular weight is 439 g/mol. The van der Waals surface area contributed by atoms with Gasteiger partial charge in [-0.2, -0.15) is 9.78 Å². The number of nitrogens with zero attached hydrogens (tertiary/aromatic N) is 7. The van der Waals surface area contributed by atoms with Gasteiger partial charge in [0.1, 0.15) is 12.4 Å². The molecule has 0 saturated carbocycles. The molecule has 2 N–H and O–H groups in total. The fourth-order valence-electron chi connectivity index (χ4n) is 3.38. The highest BCUT2D eigenvalue weighted by Crippen LogP contribution is 2.15. The van der Waals surface area contributed by atoms with Crippen LogP contribution in [-0.4, -0.2) is 44.3 Å². The zero-order valence-corrected chi connectivity index (χ0v) is 17.9. The summed E-state index contributed by atoms with van der Waals surface area (Å²) in [5.41, 5.74) is 0.117. The Labute approximate surface area is 180 Å². The van der Waals surface area contributed by atoms with E-state index in [1.807, 2.05) is 6.92 Å². The summed E-state index contributed by atoms with van der Waals surface area (Å²) in [6.45, 7) is 3.38. The Morgan fingerprint density at radius 3 is 2.62 bits per heavy atom. The minimum Gasteiger partial charge on any atom is -0.315 e. The molecule has 0 aliphatic rings. The molecule has 32 heavy (non-hydrogen) atoms. The molecule has 4 aromatic heterocycles. The molecule has 4 aromatic rings. The van der Waals surface area contributed by atoms with E-state index in [-0.39, 0.29) is 29.2 Å². The molecule has 0 fully saturated rings. The number of hydrogen-bond donors (Lipinski definition) is 2. The topological polar surface area (TPSA) is 154 Å². The van der Waals surface area contributed by atoms with Crippen LogP contribution in [0.3, 0.4) is 0 Å². The van der Waals surface area contributed by atoms with E-state index in [0.717, 1.165) is 4.57 Å². The Kier molecular flexibility index (Phi) is 5.08. The number of fused-ring (bicyclic) bond motifs is 1. The van der Waals surface area contributed by atoms with Crippen LogP contribution in [0.2, 0.25) is 0 Å². The first kappa shape index (κ1) is 21.0. The zero-order chi connectivity index (χ0) is 23.2.